The van der Waals surface area contributed by atoms with Gasteiger partial charge in [-0.25, -0.2) is 24.1 Å². The fourth-order valence-electron chi connectivity index (χ4n) is 4.32. The number of hydrogen-bond acceptors (Lipinski definition) is 10. The lowest BCUT2D eigenvalue weighted by Gasteiger charge is -2.30. The van der Waals surface area contributed by atoms with Crippen molar-refractivity contribution in [2.24, 2.45) is 0 Å². The first kappa shape index (κ1) is 30.4. The van der Waals surface area contributed by atoms with Crippen LogP contribution in [0, 0.1) is 5.82 Å². The Bertz CT molecular complexity index is 1810. The number of ether oxygens (including phenoxy) is 3. The summed E-state index contributed by atoms with van der Waals surface area (Å²) in [5.74, 6) is -0.432. The van der Waals surface area contributed by atoms with Crippen molar-refractivity contribution in [1.29, 1.82) is 0 Å². The summed E-state index contributed by atoms with van der Waals surface area (Å²) >= 11 is 14.1. The Morgan fingerprint density at radius 2 is 1.84 bits per heavy atom. The maximum absolute atomic E-state index is 15.5. The van der Waals surface area contributed by atoms with E-state index in [9.17, 15) is 9.90 Å². The van der Waals surface area contributed by atoms with E-state index in [2.05, 4.69) is 19.9 Å². The number of amides is 1. The topological polar surface area (TPSA) is 140 Å². The van der Waals surface area contributed by atoms with Gasteiger partial charge in [0.25, 0.3) is 0 Å². The predicted octanol–water partition coefficient (Wildman–Crippen LogP) is 6.47. The van der Waals surface area contributed by atoms with Crippen LogP contribution < -0.4 is 19.1 Å². The summed E-state index contributed by atoms with van der Waals surface area (Å²) in [5, 5.41) is 20.3. The Labute approximate surface area is 258 Å². The van der Waals surface area contributed by atoms with Crippen LogP contribution in [-0.4, -0.2) is 68.7 Å². The van der Waals surface area contributed by atoms with Gasteiger partial charge in [-0.2, -0.15) is 0 Å². The summed E-state index contributed by atoms with van der Waals surface area (Å²) in [5.41, 5.74) is 1.65. The number of benzene rings is 2. The molecule has 5 rings (SSSR count). The Balaban J connectivity index is 1.45. The smallest absolute Gasteiger partial charge is 0.412 e. The third kappa shape index (κ3) is 6.20. The summed E-state index contributed by atoms with van der Waals surface area (Å²) in [6.07, 6.45) is 1.98. The van der Waals surface area contributed by atoms with Crippen molar-refractivity contribution in [3.05, 3.63) is 58.7 Å². The van der Waals surface area contributed by atoms with Crippen molar-refractivity contribution in [2.45, 2.75) is 26.0 Å². The minimum atomic E-state index is -1.29. The molecule has 5 aromatic rings. The molecule has 0 spiro atoms. The molecule has 2 aromatic carbocycles. The summed E-state index contributed by atoms with van der Waals surface area (Å²) in [6.45, 7) is 2.97. The summed E-state index contributed by atoms with van der Waals surface area (Å²) in [6, 6.07) is 5.94. The van der Waals surface area contributed by atoms with Gasteiger partial charge >= 0.3 is 12.1 Å². The molecule has 1 amide bonds. The average Bonchev–Trinajstić information content (AvgIpc) is 3.42. The van der Waals surface area contributed by atoms with Crippen molar-refractivity contribution in [3.8, 4) is 28.1 Å². The van der Waals surface area contributed by atoms with Crippen LogP contribution in [0.3, 0.4) is 0 Å². The van der Waals surface area contributed by atoms with Crippen LogP contribution >= 0.6 is 34.5 Å². The minimum Gasteiger partial charge on any atom is -0.495 e. The zero-order valence-electron chi connectivity index (χ0n) is 22.9. The SMILES string of the molecule is COc1cnc2c(-c3nc4c(Cl)c(F)c(O[C@@H](C)C(C)N(C(=O)O)c5cnc(OCCO)nc5)cc4s3)cc(Cl)cc2c1. The van der Waals surface area contributed by atoms with Gasteiger partial charge in [-0.05, 0) is 32.0 Å². The highest BCUT2D eigenvalue weighted by Crippen LogP contribution is 2.42. The van der Waals surface area contributed by atoms with Crippen LogP contribution in [-0.2, 0) is 0 Å². The van der Waals surface area contributed by atoms with E-state index in [4.69, 9.17) is 42.5 Å². The molecule has 2 N–H and O–H groups in total. The first-order chi connectivity index (χ1) is 20.6. The van der Waals surface area contributed by atoms with Gasteiger partial charge in [-0.1, -0.05) is 23.2 Å². The second-order valence-electron chi connectivity index (χ2n) is 9.28. The number of anilines is 1. The number of fused-ring (bicyclic) bond motifs is 2. The van der Waals surface area contributed by atoms with Crippen LogP contribution in [0.1, 0.15) is 13.8 Å². The van der Waals surface area contributed by atoms with Crippen LogP contribution in [0.4, 0.5) is 14.9 Å². The molecule has 224 valence electrons. The van der Waals surface area contributed by atoms with Crippen LogP contribution in [0.2, 0.25) is 10.0 Å². The van der Waals surface area contributed by atoms with Gasteiger partial charge in [0.05, 0.1) is 54.3 Å². The standard InChI is InChI=1S/C28H24Cl2FN5O6S/c1-13(36(28(38)39)17-10-33-27(34-11-17)41-5-4-37)14(2)42-20-9-21-25(22(30)23(20)31)35-26(43-21)19-8-16(29)6-15-7-18(40-3)12-32-24(15)19/h6-14,37H,4-5H2,1-3H3,(H,38,39)/t13?,14-/m0/s1. The van der Waals surface area contributed by atoms with Crippen LogP contribution in [0.5, 0.6) is 17.5 Å². The number of methoxy groups -OCH3 is 1. The average molecular weight is 649 g/mol. The number of aliphatic hydroxyl groups excluding tert-OH is 1. The normalized spacial score (nSPS) is 12.7. The van der Waals surface area contributed by atoms with Crippen molar-refractivity contribution in [1.82, 2.24) is 19.9 Å². The number of thiazole rings is 1. The van der Waals surface area contributed by atoms with Crippen LogP contribution in [0.15, 0.2) is 42.9 Å². The van der Waals surface area contributed by atoms with E-state index < -0.39 is 24.1 Å². The number of aromatic nitrogens is 4. The number of nitrogens with zero attached hydrogens (tertiary/aromatic N) is 5. The van der Waals surface area contributed by atoms with Gasteiger partial charge in [0.2, 0.25) is 0 Å². The molecule has 0 radical (unpaired) electrons. The molecule has 11 nitrogen and oxygen atoms in total. The third-order valence-corrected chi connectivity index (χ3v) is 8.14. The quantitative estimate of drug-likeness (QED) is 0.173. The van der Waals surface area contributed by atoms with E-state index in [-0.39, 0.29) is 41.2 Å². The van der Waals surface area contributed by atoms with Gasteiger partial charge in [0.1, 0.15) is 34.0 Å². The number of carboxylic acid groups (broad SMARTS) is 1. The fraction of sp³-hybridized carbons (Fsp3) is 0.250. The maximum Gasteiger partial charge on any atom is 0.412 e. The Morgan fingerprint density at radius 1 is 1.09 bits per heavy atom. The van der Waals surface area contributed by atoms with Gasteiger partial charge in [0, 0.05) is 22.0 Å². The molecule has 15 heteroatoms. The number of hydrogen-bond donors (Lipinski definition) is 2. The lowest BCUT2D eigenvalue weighted by atomic mass is 10.1. The third-order valence-electron chi connectivity index (χ3n) is 6.54. The molecule has 0 saturated heterocycles. The monoisotopic (exact) mass is 647 g/mol. The highest BCUT2D eigenvalue weighted by Gasteiger charge is 2.29. The highest BCUT2D eigenvalue weighted by atomic mass is 35.5. The largest absolute Gasteiger partial charge is 0.495 e. The Morgan fingerprint density at radius 3 is 2.51 bits per heavy atom. The van der Waals surface area contributed by atoms with Gasteiger partial charge in [-0.15, -0.1) is 11.3 Å². The molecule has 0 aliphatic heterocycles. The molecule has 3 aromatic heterocycles. The second-order valence-corrected chi connectivity index (χ2v) is 11.1. The second kappa shape index (κ2) is 12.7. The number of pyridine rings is 1. The first-order valence-corrected chi connectivity index (χ1v) is 14.3. The zero-order valence-corrected chi connectivity index (χ0v) is 25.2. The molecular formula is C28H24Cl2FN5O6S. The number of carbonyl (C=O) groups is 1. The maximum atomic E-state index is 15.5. The molecule has 0 saturated carbocycles. The zero-order chi connectivity index (χ0) is 30.8. The predicted molar refractivity (Wildman–Crippen MR) is 162 cm³/mol. The van der Waals surface area contributed by atoms with E-state index in [0.29, 0.717) is 31.6 Å². The molecule has 0 aliphatic rings. The summed E-state index contributed by atoms with van der Waals surface area (Å²) < 4.78 is 32.3. The number of aliphatic hydroxyl groups is 1. The van der Waals surface area contributed by atoms with Gasteiger partial charge < -0.3 is 24.4 Å². The van der Waals surface area contributed by atoms with E-state index in [0.717, 1.165) is 10.3 Å². The number of rotatable bonds is 10. The summed E-state index contributed by atoms with van der Waals surface area (Å²) in [7, 11) is 1.54. The summed E-state index contributed by atoms with van der Waals surface area (Å²) in [4.78, 5) is 30.2. The van der Waals surface area contributed by atoms with E-state index in [1.807, 2.05) is 0 Å². The highest BCUT2D eigenvalue weighted by molar-refractivity contribution is 7.21. The Hall–Kier alpha value is -4.04. The lowest BCUT2D eigenvalue weighted by molar-refractivity contribution is 0.166. The molecule has 0 aliphatic carbocycles. The Kier molecular flexibility index (Phi) is 8.97. The first-order valence-electron chi connectivity index (χ1n) is 12.8. The van der Waals surface area contributed by atoms with Gasteiger partial charge in [0.15, 0.2) is 11.6 Å². The molecule has 1 unspecified atom stereocenters. The number of halogens is 3. The molecule has 0 fully saturated rings. The van der Waals surface area contributed by atoms with Crippen molar-refractivity contribution >= 4 is 67.4 Å². The van der Waals surface area contributed by atoms with Crippen molar-refractivity contribution in [2.75, 3.05) is 25.2 Å². The van der Waals surface area contributed by atoms with E-state index in [1.54, 1.807) is 45.4 Å². The minimum absolute atomic E-state index is 0.00913. The van der Waals surface area contributed by atoms with E-state index >= 15 is 4.39 Å². The van der Waals surface area contributed by atoms with Crippen molar-refractivity contribution in [3.63, 3.8) is 0 Å². The molecule has 0 bridgehead atoms. The molecule has 3 heterocycles. The molecule has 2 atom stereocenters. The van der Waals surface area contributed by atoms with Crippen LogP contribution in [0.25, 0.3) is 31.7 Å². The van der Waals surface area contributed by atoms with Gasteiger partial charge in [-0.3, -0.25) is 9.88 Å². The van der Waals surface area contributed by atoms with E-state index in [1.165, 1.54) is 29.8 Å². The molecule has 43 heavy (non-hydrogen) atoms. The lowest BCUT2D eigenvalue weighted by Crippen LogP contribution is -2.46. The molecular weight excluding hydrogens is 624 g/mol. The fourth-order valence-corrected chi connectivity index (χ4v) is 5.87. The van der Waals surface area contributed by atoms with Crippen molar-refractivity contribution < 1.29 is 33.6 Å².